The third-order valence-electron chi connectivity index (χ3n) is 4.62. The summed E-state index contributed by atoms with van der Waals surface area (Å²) in [6.45, 7) is 1.29. The SMILES string of the molecule is CN(CC1CC2CCCCC2N1)C1CC1. The first-order chi connectivity index (χ1) is 7.33. The Labute approximate surface area is 93.4 Å². The number of rotatable bonds is 3. The van der Waals surface area contributed by atoms with Gasteiger partial charge >= 0.3 is 0 Å². The average molecular weight is 208 g/mol. The van der Waals surface area contributed by atoms with Gasteiger partial charge in [-0.05, 0) is 45.1 Å². The Morgan fingerprint density at radius 3 is 2.67 bits per heavy atom. The normalized spacial score (nSPS) is 40.8. The van der Waals surface area contributed by atoms with Gasteiger partial charge in [-0.3, -0.25) is 0 Å². The smallest absolute Gasteiger partial charge is 0.0200 e. The molecule has 0 bridgehead atoms. The summed E-state index contributed by atoms with van der Waals surface area (Å²) in [4.78, 5) is 2.58. The van der Waals surface area contributed by atoms with Gasteiger partial charge in [0.2, 0.25) is 0 Å². The minimum Gasteiger partial charge on any atom is -0.310 e. The Hall–Kier alpha value is -0.0800. The molecule has 2 saturated carbocycles. The molecule has 1 heterocycles. The predicted octanol–water partition coefficient (Wildman–Crippen LogP) is 2.00. The number of hydrogen-bond donors (Lipinski definition) is 1. The molecule has 0 aromatic rings. The zero-order valence-electron chi connectivity index (χ0n) is 9.91. The summed E-state index contributed by atoms with van der Waals surface area (Å²) in [6.07, 6.45) is 10.2. The van der Waals surface area contributed by atoms with E-state index in [2.05, 4.69) is 17.3 Å². The van der Waals surface area contributed by atoms with Gasteiger partial charge in [0.25, 0.3) is 0 Å². The van der Waals surface area contributed by atoms with E-state index in [0.29, 0.717) is 0 Å². The maximum Gasteiger partial charge on any atom is 0.0200 e. The molecule has 0 radical (unpaired) electrons. The van der Waals surface area contributed by atoms with Gasteiger partial charge < -0.3 is 10.2 Å². The van der Waals surface area contributed by atoms with E-state index in [1.165, 1.54) is 51.5 Å². The molecule has 2 heteroatoms. The molecule has 0 spiro atoms. The molecule has 3 unspecified atom stereocenters. The fraction of sp³-hybridized carbons (Fsp3) is 1.00. The number of nitrogens with one attached hydrogen (secondary N) is 1. The van der Waals surface area contributed by atoms with E-state index >= 15 is 0 Å². The maximum atomic E-state index is 3.86. The minimum absolute atomic E-state index is 0.795. The lowest BCUT2D eigenvalue weighted by molar-refractivity contribution is 0.286. The van der Waals surface area contributed by atoms with Gasteiger partial charge in [-0.2, -0.15) is 0 Å². The van der Waals surface area contributed by atoms with Crippen molar-refractivity contribution in [2.45, 2.75) is 63.1 Å². The van der Waals surface area contributed by atoms with Crippen LogP contribution in [0.5, 0.6) is 0 Å². The Balaban J connectivity index is 1.51. The summed E-state index contributed by atoms with van der Waals surface area (Å²) in [7, 11) is 2.31. The van der Waals surface area contributed by atoms with Crippen molar-refractivity contribution in [3.8, 4) is 0 Å². The highest BCUT2D eigenvalue weighted by Gasteiger charge is 2.36. The van der Waals surface area contributed by atoms with Crippen LogP contribution < -0.4 is 5.32 Å². The monoisotopic (exact) mass is 208 g/mol. The topological polar surface area (TPSA) is 15.3 Å². The van der Waals surface area contributed by atoms with Crippen LogP contribution in [-0.4, -0.2) is 36.6 Å². The second-order valence-electron chi connectivity index (χ2n) is 5.92. The second-order valence-corrected chi connectivity index (χ2v) is 5.92. The van der Waals surface area contributed by atoms with E-state index in [-0.39, 0.29) is 0 Å². The quantitative estimate of drug-likeness (QED) is 0.763. The molecule has 1 aliphatic heterocycles. The van der Waals surface area contributed by atoms with Crippen LogP contribution >= 0.6 is 0 Å². The summed E-state index contributed by atoms with van der Waals surface area (Å²) < 4.78 is 0. The van der Waals surface area contributed by atoms with Crippen LogP contribution in [0.2, 0.25) is 0 Å². The first-order valence-electron chi connectivity index (χ1n) is 6.79. The average Bonchev–Trinajstić information content (AvgIpc) is 2.99. The third kappa shape index (κ3) is 2.21. The molecule has 1 N–H and O–H groups in total. The van der Waals surface area contributed by atoms with Gasteiger partial charge in [0.05, 0.1) is 0 Å². The minimum atomic E-state index is 0.795. The molecule has 0 amide bonds. The van der Waals surface area contributed by atoms with Crippen LogP contribution in [0.1, 0.15) is 44.9 Å². The maximum absolute atomic E-state index is 3.86. The van der Waals surface area contributed by atoms with Crippen molar-refractivity contribution in [2.24, 2.45) is 5.92 Å². The second kappa shape index (κ2) is 4.06. The molecule has 3 rings (SSSR count). The fourth-order valence-electron chi connectivity index (χ4n) is 3.58. The van der Waals surface area contributed by atoms with Crippen molar-refractivity contribution in [3.63, 3.8) is 0 Å². The van der Waals surface area contributed by atoms with Gasteiger partial charge in [-0.15, -0.1) is 0 Å². The molecule has 86 valence electrons. The summed E-state index contributed by atoms with van der Waals surface area (Å²) in [5, 5.41) is 3.86. The zero-order chi connectivity index (χ0) is 10.3. The Bertz CT molecular complexity index is 211. The lowest BCUT2D eigenvalue weighted by atomic mass is 9.85. The summed E-state index contributed by atoms with van der Waals surface area (Å²) >= 11 is 0. The number of nitrogens with zero attached hydrogens (tertiary/aromatic N) is 1. The lowest BCUT2D eigenvalue weighted by Crippen LogP contribution is -2.39. The molecule has 3 aliphatic rings. The van der Waals surface area contributed by atoms with Crippen LogP contribution in [0.25, 0.3) is 0 Å². The van der Waals surface area contributed by atoms with Crippen molar-refractivity contribution >= 4 is 0 Å². The molecule has 3 fully saturated rings. The van der Waals surface area contributed by atoms with Gasteiger partial charge in [0.1, 0.15) is 0 Å². The molecule has 0 aromatic carbocycles. The Kier molecular flexibility index (Phi) is 2.73. The molecule has 0 aromatic heterocycles. The van der Waals surface area contributed by atoms with E-state index < -0.39 is 0 Å². The first kappa shape index (κ1) is 10.1. The van der Waals surface area contributed by atoms with Gasteiger partial charge in [0, 0.05) is 24.7 Å². The Morgan fingerprint density at radius 1 is 1.13 bits per heavy atom. The highest BCUT2D eigenvalue weighted by Crippen LogP contribution is 2.34. The molecular weight excluding hydrogens is 184 g/mol. The van der Waals surface area contributed by atoms with E-state index in [4.69, 9.17) is 0 Å². The molecule has 1 saturated heterocycles. The van der Waals surface area contributed by atoms with E-state index in [1.807, 2.05) is 0 Å². The first-order valence-corrected chi connectivity index (χ1v) is 6.79. The fourth-order valence-corrected chi connectivity index (χ4v) is 3.58. The molecule has 2 aliphatic carbocycles. The third-order valence-corrected chi connectivity index (χ3v) is 4.62. The number of likely N-dealkylation sites (N-methyl/N-ethyl adjacent to an activating group) is 1. The van der Waals surface area contributed by atoms with Gasteiger partial charge in [-0.25, -0.2) is 0 Å². The largest absolute Gasteiger partial charge is 0.310 e. The van der Waals surface area contributed by atoms with Crippen LogP contribution in [0, 0.1) is 5.92 Å². The van der Waals surface area contributed by atoms with E-state index in [0.717, 1.165) is 24.0 Å². The van der Waals surface area contributed by atoms with Crippen molar-refractivity contribution in [1.29, 1.82) is 0 Å². The van der Waals surface area contributed by atoms with Crippen molar-refractivity contribution in [2.75, 3.05) is 13.6 Å². The highest BCUT2D eigenvalue weighted by molar-refractivity contribution is 4.95. The predicted molar refractivity (Wildman–Crippen MR) is 62.9 cm³/mol. The number of fused-ring (bicyclic) bond motifs is 1. The summed E-state index contributed by atoms with van der Waals surface area (Å²) in [5.74, 6) is 1.01. The van der Waals surface area contributed by atoms with Crippen molar-refractivity contribution < 1.29 is 0 Å². The molecule has 2 nitrogen and oxygen atoms in total. The van der Waals surface area contributed by atoms with Crippen LogP contribution in [0.4, 0.5) is 0 Å². The summed E-state index contributed by atoms with van der Waals surface area (Å²) in [5.41, 5.74) is 0. The zero-order valence-corrected chi connectivity index (χ0v) is 9.91. The van der Waals surface area contributed by atoms with Gasteiger partial charge in [-0.1, -0.05) is 12.8 Å². The number of hydrogen-bond acceptors (Lipinski definition) is 2. The van der Waals surface area contributed by atoms with Crippen LogP contribution in [-0.2, 0) is 0 Å². The molecular formula is C13H24N2. The summed E-state index contributed by atoms with van der Waals surface area (Å²) in [6, 6.07) is 2.59. The van der Waals surface area contributed by atoms with Gasteiger partial charge in [0.15, 0.2) is 0 Å². The van der Waals surface area contributed by atoms with Crippen LogP contribution in [0.15, 0.2) is 0 Å². The highest BCUT2D eigenvalue weighted by atomic mass is 15.2. The lowest BCUT2D eigenvalue weighted by Gasteiger charge is -2.24. The standard InChI is InChI=1S/C13H24N2/c1-15(12-6-7-12)9-11-8-10-4-2-3-5-13(10)14-11/h10-14H,2-9H2,1H3. The van der Waals surface area contributed by atoms with Crippen molar-refractivity contribution in [1.82, 2.24) is 10.2 Å². The molecule has 15 heavy (non-hydrogen) atoms. The van der Waals surface area contributed by atoms with Crippen molar-refractivity contribution in [3.05, 3.63) is 0 Å². The van der Waals surface area contributed by atoms with E-state index in [1.54, 1.807) is 0 Å². The van der Waals surface area contributed by atoms with E-state index in [9.17, 15) is 0 Å². The Morgan fingerprint density at radius 2 is 1.93 bits per heavy atom. The van der Waals surface area contributed by atoms with Crippen LogP contribution in [0.3, 0.4) is 0 Å². The molecule has 3 atom stereocenters.